The van der Waals surface area contributed by atoms with Crippen LogP contribution in [0.4, 0.5) is 0 Å². The summed E-state index contributed by atoms with van der Waals surface area (Å²) in [5.41, 5.74) is 0.284. The summed E-state index contributed by atoms with van der Waals surface area (Å²) in [7, 11) is 0. The molecule has 0 aliphatic carbocycles. The molecule has 0 unspecified atom stereocenters. The Kier molecular flexibility index (Phi) is 3.49. The molecule has 6 nitrogen and oxygen atoms in total. The van der Waals surface area contributed by atoms with Gasteiger partial charge in [-0.1, -0.05) is 11.6 Å². The molecule has 0 N–H and O–H groups in total. The van der Waals surface area contributed by atoms with Gasteiger partial charge in [-0.3, -0.25) is 0 Å². The largest absolute Gasteiger partial charge is 0.346 e. The van der Waals surface area contributed by atoms with Crippen LogP contribution in [0.3, 0.4) is 0 Å². The zero-order valence-corrected chi connectivity index (χ0v) is 16.1. The van der Waals surface area contributed by atoms with Gasteiger partial charge in [0.25, 0.3) is 0 Å². The molecule has 2 saturated heterocycles. The summed E-state index contributed by atoms with van der Waals surface area (Å²) >= 11 is 8.46. The van der Waals surface area contributed by atoms with Crippen molar-refractivity contribution < 1.29 is 14.2 Å². The summed E-state index contributed by atoms with van der Waals surface area (Å²) in [6.45, 7) is 7.89. The molecule has 2 aliphatic rings. The molecule has 4 heterocycles. The molecule has 4 rings (SSSR count). The van der Waals surface area contributed by atoms with Crippen LogP contribution < -0.4 is 0 Å². The van der Waals surface area contributed by atoms with E-state index in [1.807, 2.05) is 38.5 Å². The van der Waals surface area contributed by atoms with Crippen molar-refractivity contribution in [3.8, 4) is 0 Å². The lowest BCUT2D eigenvalue weighted by molar-refractivity contribution is -0.212. The van der Waals surface area contributed by atoms with Gasteiger partial charge in [0, 0.05) is 9.77 Å². The Labute approximate surface area is 152 Å². The van der Waals surface area contributed by atoms with Crippen LogP contribution in [0, 0.1) is 3.57 Å². The number of hydrogen-bond acceptors (Lipinski definition) is 5. The van der Waals surface area contributed by atoms with Crippen molar-refractivity contribution in [2.75, 3.05) is 0 Å². The SMILES string of the molecule is CC1(C)O[C@H]2[C@H](n3cc(I)c4c(Cl)ncnc43)OC(C)(C)[C@H]2O1. The van der Waals surface area contributed by atoms with E-state index in [4.69, 9.17) is 25.8 Å². The van der Waals surface area contributed by atoms with Crippen LogP contribution in [0.15, 0.2) is 12.5 Å². The Morgan fingerprint density at radius 3 is 2.65 bits per heavy atom. The standard InChI is InChI=1S/C15H17ClIN3O3/c1-14(2)10-9(21-15(3,4)22-10)13(23-14)20-5-7(17)8-11(16)18-6-19-12(8)20/h5-6,9-10,13H,1-4H3/t9-,10+,13-/m1/s1. The molecule has 0 saturated carbocycles. The molecule has 0 radical (unpaired) electrons. The van der Waals surface area contributed by atoms with Crippen LogP contribution in [0.5, 0.6) is 0 Å². The van der Waals surface area contributed by atoms with E-state index >= 15 is 0 Å². The van der Waals surface area contributed by atoms with Crippen LogP contribution in [0.1, 0.15) is 33.9 Å². The molecule has 0 spiro atoms. The molecule has 8 heteroatoms. The Morgan fingerprint density at radius 2 is 1.91 bits per heavy atom. The highest BCUT2D eigenvalue weighted by atomic mass is 127. The average molecular weight is 450 g/mol. The minimum atomic E-state index is -0.628. The van der Waals surface area contributed by atoms with Crippen LogP contribution in [-0.2, 0) is 14.2 Å². The van der Waals surface area contributed by atoms with Gasteiger partial charge in [-0.25, -0.2) is 9.97 Å². The third kappa shape index (κ3) is 2.39. The summed E-state index contributed by atoms with van der Waals surface area (Å²) in [5.74, 6) is -0.628. The van der Waals surface area contributed by atoms with Gasteiger partial charge in [0.05, 0.1) is 11.0 Å². The third-order valence-electron chi connectivity index (χ3n) is 4.31. The van der Waals surface area contributed by atoms with Crippen LogP contribution >= 0.6 is 34.2 Å². The number of ether oxygens (including phenoxy) is 3. The molecule has 2 aromatic heterocycles. The van der Waals surface area contributed by atoms with Gasteiger partial charge >= 0.3 is 0 Å². The highest BCUT2D eigenvalue weighted by Gasteiger charge is 2.59. The average Bonchev–Trinajstić information content (AvgIpc) is 3.01. The summed E-state index contributed by atoms with van der Waals surface area (Å²) in [4.78, 5) is 8.46. The molecule has 0 bridgehead atoms. The number of rotatable bonds is 1. The molecular weight excluding hydrogens is 433 g/mol. The number of aromatic nitrogens is 3. The van der Waals surface area contributed by atoms with Gasteiger partial charge in [0.1, 0.15) is 29.3 Å². The van der Waals surface area contributed by atoms with Crippen molar-refractivity contribution >= 4 is 45.2 Å². The minimum Gasteiger partial charge on any atom is -0.346 e. The maximum atomic E-state index is 6.26. The lowest BCUT2D eigenvalue weighted by Gasteiger charge is -2.28. The molecule has 2 aliphatic heterocycles. The monoisotopic (exact) mass is 449 g/mol. The summed E-state index contributed by atoms with van der Waals surface area (Å²) in [6.07, 6.45) is 2.76. The number of fused-ring (bicyclic) bond motifs is 2. The van der Waals surface area contributed by atoms with E-state index in [1.165, 1.54) is 6.33 Å². The summed E-state index contributed by atoms with van der Waals surface area (Å²) in [6, 6.07) is 0. The van der Waals surface area contributed by atoms with Crippen molar-refractivity contribution in [1.29, 1.82) is 0 Å². The fourth-order valence-corrected chi connectivity index (χ4v) is 4.58. The van der Waals surface area contributed by atoms with Crippen molar-refractivity contribution in [3.05, 3.63) is 21.2 Å². The van der Waals surface area contributed by atoms with E-state index < -0.39 is 11.4 Å². The quantitative estimate of drug-likeness (QED) is 0.493. The van der Waals surface area contributed by atoms with Gasteiger partial charge < -0.3 is 18.8 Å². The smallest absolute Gasteiger partial charge is 0.165 e. The maximum Gasteiger partial charge on any atom is 0.165 e. The molecule has 124 valence electrons. The number of nitrogens with zero attached hydrogens (tertiary/aromatic N) is 3. The zero-order chi connectivity index (χ0) is 16.6. The maximum absolute atomic E-state index is 6.26. The van der Waals surface area contributed by atoms with Gasteiger partial charge in [-0.05, 0) is 50.3 Å². The van der Waals surface area contributed by atoms with E-state index in [1.54, 1.807) is 0 Å². The Morgan fingerprint density at radius 1 is 1.17 bits per heavy atom. The molecule has 23 heavy (non-hydrogen) atoms. The molecule has 2 fully saturated rings. The van der Waals surface area contributed by atoms with Crippen molar-refractivity contribution in [3.63, 3.8) is 0 Å². The predicted octanol–water partition coefficient (Wildman–Crippen LogP) is 3.52. The lowest BCUT2D eigenvalue weighted by Crippen LogP contribution is -2.37. The first-order valence-corrected chi connectivity index (χ1v) is 8.85. The van der Waals surface area contributed by atoms with Gasteiger partial charge in [0.15, 0.2) is 12.0 Å². The van der Waals surface area contributed by atoms with E-state index in [0.717, 1.165) is 14.6 Å². The molecule has 0 aromatic carbocycles. The Bertz CT molecular complexity index is 792. The first-order chi connectivity index (χ1) is 10.7. The Balaban J connectivity index is 1.84. The second-order valence-electron chi connectivity index (χ2n) is 6.88. The fourth-order valence-electron chi connectivity index (χ4n) is 3.39. The highest BCUT2D eigenvalue weighted by molar-refractivity contribution is 14.1. The summed E-state index contributed by atoms with van der Waals surface area (Å²) < 4.78 is 21.4. The van der Waals surface area contributed by atoms with E-state index in [9.17, 15) is 0 Å². The zero-order valence-electron chi connectivity index (χ0n) is 13.2. The number of hydrogen-bond donors (Lipinski definition) is 0. The highest BCUT2D eigenvalue weighted by Crippen LogP contribution is 2.48. The molecule has 0 amide bonds. The van der Waals surface area contributed by atoms with Crippen molar-refractivity contribution in [1.82, 2.24) is 14.5 Å². The minimum absolute atomic E-state index is 0.144. The second-order valence-corrected chi connectivity index (χ2v) is 8.40. The molecule has 3 atom stereocenters. The van der Waals surface area contributed by atoms with Crippen LogP contribution in [0.2, 0.25) is 5.15 Å². The number of halogens is 2. The van der Waals surface area contributed by atoms with Crippen molar-refractivity contribution in [2.24, 2.45) is 0 Å². The van der Waals surface area contributed by atoms with Gasteiger partial charge in [-0.2, -0.15) is 0 Å². The Hall–Kier alpha value is -0.480. The summed E-state index contributed by atoms with van der Waals surface area (Å²) in [5, 5.41) is 1.27. The van der Waals surface area contributed by atoms with Gasteiger partial charge in [-0.15, -0.1) is 0 Å². The van der Waals surface area contributed by atoms with Crippen LogP contribution in [-0.4, -0.2) is 38.1 Å². The van der Waals surface area contributed by atoms with E-state index in [2.05, 4.69) is 32.6 Å². The second kappa shape index (κ2) is 5.01. The molecular formula is C15H17ClIN3O3. The first-order valence-electron chi connectivity index (χ1n) is 7.40. The van der Waals surface area contributed by atoms with Crippen molar-refractivity contribution in [2.45, 2.75) is 57.5 Å². The topological polar surface area (TPSA) is 58.4 Å². The lowest BCUT2D eigenvalue weighted by atomic mass is 10.0. The van der Waals surface area contributed by atoms with Gasteiger partial charge in [0.2, 0.25) is 0 Å². The third-order valence-corrected chi connectivity index (χ3v) is 5.42. The normalized spacial score (nSPS) is 31.7. The fraction of sp³-hybridized carbons (Fsp3) is 0.600. The van der Waals surface area contributed by atoms with E-state index in [0.29, 0.717) is 5.15 Å². The van der Waals surface area contributed by atoms with E-state index in [-0.39, 0.29) is 18.4 Å². The first kappa shape index (κ1) is 16.0. The van der Waals surface area contributed by atoms with Crippen LogP contribution in [0.25, 0.3) is 11.0 Å². The molecule has 2 aromatic rings. The predicted molar refractivity (Wildman–Crippen MR) is 93.3 cm³/mol.